The molecule has 4 aliphatic rings. The highest BCUT2D eigenvalue weighted by Crippen LogP contribution is 2.67. The average Bonchev–Trinajstić information content (AvgIpc) is 2.83. The standard InChI is InChI=1S/C11H16S/c1-2-7-5-6(1)10-8-3-4-9(12-8)11(7)10/h6-11H,1-5H2. The minimum Gasteiger partial charge on any atom is -0.155 e. The van der Waals surface area contributed by atoms with Crippen LogP contribution in [0.2, 0.25) is 0 Å². The van der Waals surface area contributed by atoms with Crippen molar-refractivity contribution in [2.24, 2.45) is 23.7 Å². The molecule has 0 spiro atoms. The van der Waals surface area contributed by atoms with Crippen LogP contribution in [-0.4, -0.2) is 10.5 Å². The van der Waals surface area contributed by atoms with Gasteiger partial charge in [-0.2, -0.15) is 11.8 Å². The van der Waals surface area contributed by atoms with Crippen LogP contribution in [0.3, 0.4) is 0 Å². The van der Waals surface area contributed by atoms with E-state index < -0.39 is 0 Å². The van der Waals surface area contributed by atoms with E-state index in [2.05, 4.69) is 11.8 Å². The zero-order chi connectivity index (χ0) is 7.71. The molecule has 2 aliphatic carbocycles. The smallest absolute Gasteiger partial charge is 0.00844 e. The highest BCUT2D eigenvalue weighted by Gasteiger charge is 2.59. The molecule has 0 aromatic heterocycles. The van der Waals surface area contributed by atoms with E-state index in [9.17, 15) is 0 Å². The van der Waals surface area contributed by atoms with Gasteiger partial charge in [-0.05, 0) is 55.8 Å². The summed E-state index contributed by atoms with van der Waals surface area (Å²) >= 11 is 2.37. The summed E-state index contributed by atoms with van der Waals surface area (Å²) in [6.45, 7) is 0. The van der Waals surface area contributed by atoms with E-state index in [-0.39, 0.29) is 0 Å². The Kier molecular flexibility index (Phi) is 1.15. The number of hydrogen-bond donors (Lipinski definition) is 0. The van der Waals surface area contributed by atoms with Crippen molar-refractivity contribution >= 4 is 11.8 Å². The van der Waals surface area contributed by atoms with Gasteiger partial charge in [0.1, 0.15) is 0 Å². The summed E-state index contributed by atoms with van der Waals surface area (Å²) in [5.74, 6) is 4.77. The second-order valence-electron chi connectivity index (χ2n) is 5.28. The molecule has 2 saturated heterocycles. The molecule has 4 fully saturated rings. The predicted molar refractivity (Wildman–Crippen MR) is 52.2 cm³/mol. The Bertz CT molecular complexity index is 181. The molecule has 0 N–H and O–H groups in total. The summed E-state index contributed by atoms with van der Waals surface area (Å²) in [5, 5.41) is 2.24. The second kappa shape index (κ2) is 2.05. The molecule has 0 aromatic rings. The molecule has 0 aromatic carbocycles. The number of rotatable bonds is 0. The van der Waals surface area contributed by atoms with Crippen LogP contribution >= 0.6 is 11.8 Å². The van der Waals surface area contributed by atoms with E-state index in [0.29, 0.717) is 0 Å². The Morgan fingerprint density at radius 1 is 0.750 bits per heavy atom. The SMILES string of the molecule is C1CC2CC1C1C3CCC(S3)C21. The van der Waals surface area contributed by atoms with Crippen molar-refractivity contribution in [2.45, 2.75) is 42.6 Å². The summed E-state index contributed by atoms with van der Waals surface area (Å²) in [6, 6.07) is 0. The van der Waals surface area contributed by atoms with Crippen molar-refractivity contribution in [3.8, 4) is 0 Å². The quantitative estimate of drug-likeness (QED) is 0.552. The fraction of sp³-hybridized carbons (Fsp3) is 1.00. The van der Waals surface area contributed by atoms with Gasteiger partial charge in [-0.25, -0.2) is 0 Å². The van der Waals surface area contributed by atoms with Gasteiger partial charge in [-0.15, -0.1) is 0 Å². The largest absolute Gasteiger partial charge is 0.155 e. The number of hydrogen-bond acceptors (Lipinski definition) is 1. The molecule has 4 bridgehead atoms. The Hall–Kier alpha value is 0.350. The molecule has 6 unspecified atom stereocenters. The van der Waals surface area contributed by atoms with Gasteiger partial charge in [0.25, 0.3) is 0 Å². The van der Waals surface area contributed by atoms with E-state index in [0.717, 1.165) is 10.5 Å². The molecule has 0 nitrogen and oxygen atoms in total. The minimum absolute atomic E-state index is 1.12. The Morgan fingerprint density at radius 2 is 1.33 bits per heavy atom. The molecule has 12 heavy (non-hydrogen) atoms. The maximum Gasteiger partial charge on any atom is 0.00844 e. The third-order valence-electron chi connectivity index (χ3n) is 4.99. The van der Waals surface area contributed by atoms with Crippen LogP contribution in [0.4, 0.5) is 0 Å². The van der Waals surface area contributed by atoms with Crippen molar-refractivity contribution in [3.63, 3.8) is 0 Å². The normalized spacial score (nSPS) is 66.0. The van der Waals surface area contributed by atoms with E-state index in [4.69, 9.17) is 0 Å². The molecule has 2 heterocycles. The number of fused-ring (bicyclic) bond motifs is 9. The molecule has 1 heteroatoms. The van der Waals surface area contributed by atoms with Crippen molar-refractivity contribution in [3.05, 3.63) is 0 Å². The zero-order valence-electron chi connectivity index (χ0n) is 7.41. The first-order valence-electron chi connectivity index (χ1n) is 5.59. The van der Waals surface area contributed by atoms with E-state index >= 15 is 0 Å². The van der Waals surface area contributed by atoms with Crippen molar-refractivity contribution < 1.29 is 0 Å². The van der Waals surface area contributed by atoms with E-state index in [1.165, 1.54) is 23.7 Å². The van der Waals surface area contributed by atoms with Crippen LogP contribution in [0.1, 0.15) is 32.1 Å². The van der Waals surface area contributed by atoms with Crippen LogP contribution < -0.4 is 0 Å². The maximum atomic E-state index is 2.37. The lowest BCUT2D eigenvalue weighted by atomic mass is 9.71. The van der Waals surface area contributed by atoms with Gasteiger partial charge < -0.3 is 0 Å². The molecule has 0 amide bonds. The molecule has 4 rings (SSSR count). The number of thioether (sulfide) groups is 1. The fourth-order valence-corrected chi connectivity index (χ4v) is 6.90. The first-order chi connectivity index (χ1) is 5.93. The van der Waals surface area contributed by atoms with Crippen LogP contribution in [0.25, 0.3) is 0 Å². The topological polar surface area (TPSA) is 0 Å². The Labute approximate surface area is 78.5 Å². The highest BCUT2D eigenvalue weighted by molar-refractivity contribution is 8.01. The van der Waals surface area contributed by atoms with Gasteiger partial charge in [-0.1, -0.05) is 0 Å². The second-order valence-corrected chi connectivity index (χ2v) is 6.76. The summed E-state index contributed by atoms with van der Waals surface area (Å²) in [6.07, 6.45) is 7.95. The Balaban J connectivity index is 1.77. The first-order valence-corrected chi connectivity index (χ1v) is 6.53. The minimum atomic E-state index is 1.12. The van der Waals surface area contributed by atoms with Gasteiger partial charge in [0.2, 0.25) is 0 Å². The lowest BCUT2D eigenvalue weighted by Gasteiger charge is -2.33. The van der Waals surface area contributed by atoms with E-state index in [1.54, 1.807) is 32.1 Å². The van der Waals surface area contributed by atoms with Crippen LogP contribution in [0.15, 0.2) is 0 Å². The lowest BCUT2D eigenvalue weighted by molar-refractivity contribution is 0.194. The molecule has 66 valence electrons. The summed E-state index contributed by atoms with van der Waals surface area (Å²) in [4.78, 5) is 0. The maximum absolute atomic E-state index is 2.37. The van der Waals surface area contributed by atoms with Crippen LogP contribution in [0, 0.1) is 23.7 Å². The molecular weight excluding hydrogens is 164 g/mol. The zero-order valence-corrected chi connectivity index (χ0v) is 8.22. The molecule has 6 atom stereocenters. The monoisotopic (exact) mass is 180 g/mol. The van der Waals surface area contributed by atoms with Crippen LogP contribution in [0.5, 0.6) is 0 Å². The molecular formula is C11H16S. The predicted octanol–water partition coefficient (Wildman–Crippen LogP) is 2.93. The molecule has 0 radical (unpaired) electrons. The average molecular weight is 180 g/mol. The molecule has 2 aliphatic heterocycles. The van der Waals surface area contributed by atoms with Crippen molar-refractivity contribution in [2.75, 3.05) is 0 Å². The third kappa shape index (κ3) is 0.615. The molecule has 2 saturated carbocycles. The van der Waals surface area contributed by atoms with Gasteiger partial charge in [-0.3, -0.25) is 0 Å². The first kappa shape index (κ1) is 6.75. The van der Waals surface area contributed by atoms with Gasteiger partial charge in [0.05, 0.1) is 0 Å². The Morgan fingerprint density at radius 3 is 1.92 bits per heavy atom. The fourth-order valence-electron chi connectivity index (χ4n) is 4.74. The van der Waals surface area contributed by atoms with Gasteiger partial charge >= 0.3 is 0 Å². The van der Waals surface area contributed by atoms with Gasteiger partial charge in [0.15, 0.2) is 0 Å². The summed E-state index contributed by atoms with van der Waals surface area (Å²) in [7, 11) is 0. The summed E-state index contributed by atoms with van der Waals surface area (Å²) in [5.41, 5.74) is 0. The van der Waals surface area contributed by atoms with Crippen molar-refractivity contribution in [1.82, 2.24) is 0 Å². The van der Waals surface area contributed by atoms with E-state index in [1.807, 2.05) is 0 Å². The van der Waals surface area contributed by atoms with Crippen molar-refractivity contribution in [1.29, 1.82) is 0 Å². The summed E-state index contributed by atoms with van der Waals surface area (Å²) < 4.78 is 0. The van der Waals surface area contributed by atoms with Gasteiger partial charge in [0, 0.05) is 10.5 Å². The van der Waals surface area contributed by atoms with Crippen LogP contribution in [-0.2, 0) is 0 Å². The lowest BCUT2D eigenvalue weighted by Crippen LogP contribution is -2.31. The third-order valence-corrected chi connectivity index (χ3v) is 6.79. The highest BCUT2D eigenvalue weighted by atomic mass is 32.2.